The summed E-state index contributed by atoms with van der Waals surface area (Å²) in [6.07, 6.45) is 60.5. The van der Waals surface area contributed by atoms with E-state index < -0.39 is 24.3 Å². The summed E-state index contributed by atoms with van der Waals surface area (Å²) in [6.45, 7) is 4.61. The maximum atomic E-state index is 12.8. The fourth-order valence-electron chi connectivity index (χ4n) is 7.04. The third-order valence-electron chi connectivity index (χ3n) is 11.2. The molecule has 0 aromatic carbocycles. The van der Waals surface area contributed by atoms with Gasteiger partial charge in [-0.1, -0.05) is 208 Å². The number of quaternary nitrogens is 1. The number of carbonyl (C=O) groups excluding carboxylic acids is 3. The number of esters is 2. The van der Waals surface area contributed by atoms with Crippen LogP contribution in [0.15, 0.2) is 85.1 Å². The number of nitrogens with zero attached hydrogens (tertiary/aromatic N) is 1. The van der Waals surface area contributed by atoms with Crippen molar-refractivity contribution in [1.29, 1.82) is 0 Å². The van der Waals surface area contributed by atoms with Crippen LogP contribution in [0.5, 0.6) is 0 Å². The van der Waals surface area contributed by atoms with E-state index in [9.17, 15) is 19.5 Å². The highest BCUT2D eigenvalue weighted by atomic mass is 16.7. The number of hydrogen-bond acceptors (Lipinski definition) is 8. The highest BCUT2D eigenvalue weighted by Gasteiger charge is 2.22. The number of carboxylic acids is 1. The fourth-order valence-corrected chi connectivity index (χ4v) is 7.04. The van der Waals surface area contributed by atoms with Crippen LogP contribution < -0.4 is 5.11 Å². The van der Waals surface area contributed by atoms with E-state index >= 15 is 0 Å². The minimum atomic E-state index is -1.63. The zero-order chi connectivity index (χ0) is 49.2. The number of carboxylic acid groups (broad SMARTS) is 1. The molecule has 0 amide bonds. The Balaban J connectivity index is 4.30. The normalized spacial score (nSPS) is 13.5. The van der Waals surface area contributed by atoms with Gasteiger partial charge < -0.3 is 33.3 Å². The summed E-state index contributed by atoms with van der Waals surface area (Å²) in [5, 5.41) is 11.7. The number of hydrogen-bond donors (Lipinski definition) is 0. The molecule has 0 N–H and O–H groups in total. The Bertz CT molecular complexity index is 1370. The van der Waals surface area contributed by atoms with Crippen LogP contribution in [0, 0.1) is 0 Å². The summed E-state index contributed by atoms with van der Waals surface area (Å²) >= 11 is 0. The lowest BCUT2D eigenvalue weighted by Gasteiger charge is -2.26. The van der Waals surface area contributed by atoms with Gasteiger partial charge in [-0.2, -0.15) is 0 Å². The average Bonchev–Trinajstić information content (AvgIpc) is 3.29. The molecule has 0 aliphatic carbocycles. The molecule has 384 valence electrons. The number of rotatable bonds is 48. The van der Waals surface area contributed by atoms with Crippen LogP contribution in [0.2, 0.25) is 0 Å². The first-order valence-electron chi connectivity index (χ1n) is 26.7. The molecule has 67 heavy (non-hydrogen) atoms. The highest BCUT2D eigenvalue weighted by Crippen LogP contribution is 2.15. The van der Waals surface area contributed by atoms with E-state index in [1.165, 1.54) is 83.5 Å². The molecule has 0 bridgehead atoms. The number of allylic oxidation sites excluding steroid dienone is 14. The zero-order valence-electron chi connectivity index (χ0n) is 43.5. The van der Waals surface area contributed by atoms with E-state index in [2.05, 4.69) is 98.9 Å². The van der Waals surface area contributed by atoms with Gasteiger partial charge in [0.1, 0.15) is 13.2 Å². The topological polar surface area (TPSA) is 111 Å². The van der Waals surface area contributed by atoms with Gasteiger partial charge in [-0.05, 0) is 70.6 Å². The second-order valence-electron chi connectivity index (χ2n) is 18.8. The fraction of sp³-hybridized carbons (Fsp3) is 0.707. The molecule has 0 aliphatic rings. The first kappa shape index (κ1) is 63.5. The maximum absolute atomic E-state index is 12.8. The van der Waals surface area contributed by atoms with Crippen molar-refractivity contribution in [3.63, 3.8) is 0 Å². The monoisotopic (exact) mass is 938 g/mol. The molecule has 0 fully saturated rings. The van der Waals surface area contributed by atoms with Crippen molar-refractivity contribution < 1.29 is 42.9 Å². The van der Waals surface area contributed by atoms with E-state index in [1.54, 1.807) is 0 Å². The van der Waals surface area contributed by atoms with Crippen LogP contribution in [-0.2, 0) is 33.3 Å². The van der Waals surface area contributed by atoms with Crippen LogP contribution in [-0.4, -0.2) is 82.3 Å². The van der Waals surface area contributed by atoms with Crippen molar-refractivity contribution >= 4 is 17.9 Å². The summed E-state index contributed by atoms with van der Waals surface area (Å²) in [5.74, 6) is -2.30. The van der Waals surface area contributed by atoms with E-state index in [0.29, 0.717) is 17.4 Å². The molecule has 0 spiro atoms. The van der Waals surface area contributed by atoms with Gasteiger partial charge in [-0.15, -0.1) is 0 Å². The van der Waals surface area contributed by atoms with Crippen molar-refractivity contribution in [3.8, 4) is 0 Å². The molecule has 0 aliphatic heterocycles. The Hall–Kier alpha value is -3.53. The van der Waals surface area contributed by atoms with E-state index in [4.69, 9.17) is 18.9 Å². The minimum absolute atomic E-state index is 0.142. The summed E-state index contributed by atoms with van der Waals surface area (Å²) in [5.41, 5.74) is 0. The molecule has 9 nitrogen and oxygen atoms in total. The minimum Gasteiger partial charge on any atom is -0.545 e. The SMILES string of the molecule is CC/C=C\C/C=C\C/C=C\C/C=C\C/C=C\C/C=C\C/C=C\CCCCCCCCCC(=O)OC(COC(=O)CCCCCCCCCCCCCCC)COC(OCC[N+](C)(C)C)C(=O)[O-]. The summed E-state index contributed by atoms with van der Waals surface area (Å²) in [6, 6.07) is 0. The molecule has 0 heterocycles. The maximum Gasteiger partial charge on any atom is 0.306 e. The average molecular weight is 938 g/mol. The quantitative estimate of drug-likeness (QED) is 0.0195. The number of aliphatic carboxylic acids is 1. The van der Waals surface area contributed by atoms with Crippen molar-refractivity contribution in [2.24, 2.45) is 0 Å². The van der Waals surface area contributed by atoms with Crippen molar-refractivity contribution in [1.82, 2.24) is 0 Å². The summed E-state index contributed by atoms with van der Waals surface area (Å²) in [4.78, 5) is 37.1. The number of likely N-dealkylation sites (N-methyl/N-ethyl adjacent to an activating group) is 1. The van der Waals surface area contributed by atoms with Gasteiger partial charge in [-0.25, -0.2) is 0 Å². The van der Waals surface area contributed by atoms with E-state index in [1.807, 2.05) is 21.1 Å². The first-order valence-corrected chi connectivity index (χ1v) is 26.7. The van der Waals surface area contributed by atoms with Crippen LogP contribution in [0.3, 0.4) is 0 Å². The Kier molecular flexibility index (Phi) is 46.3. The lowest BCUT2D eigenvalue weighted by atomic mass is 10.0. The number of carbonyl (C=O) groups is 3. The highest BCUT2D eigenvalue weighted by molar-refractivity contribution is 5.70. The van der Waals surface area contributed by atoms with Gasteiger partial charge in [0.25, 0.3) is 0 Å². The molecule has 0 aromatic heterocycles. The summed E-state index contributed by atoms with van der Waals surface area (Å²) in [7, 11) is 5.91. The Morgan fingerprint density at radius 3 is 1.27 bits per heavy atom. The molecule has 0 rings (SSSR count). The van der Waals surface area contributed by atoms with Gasteiger partial charge in [-0.3, -0.25) is 9.59 Å². The van der Waals surface area contributed by atoms with Gasteiger partial charge in [0.05, 0.1) is 40.3 Å². The second kappa shape index (κ2) is 48.9. The zero-order valence-corrected chi connectivity index (χ0v) is 43.5. The molecule has 2 atom stereocenters. The third-order valence-corrected chi connectivity index (χ3v) is 11.2. The molecule has 9 heteroatoms. The van der Waals surface area contributed by atoms with Gasteiger partial charge in [0.2, 0.25) is 0 Å². The predicted molar refractivity (Wildman–Crippen MR) is 278 cm³/mol. The standard InChI is InChI=1S/C58H99NO8/c1-6-8-10-12-14-16-18-20-21-22-23-24-25-26-27-28-29-30-31-32-33-34-35-37-39-41-43-45-47-49-56(61)67-54(53-66-58(57(62)63)64-51-50-59(3,4)5)52-65-55(60)48-46-44-42-40-38-36-19-17-15-13-11-9-7-2/h8,10,14,16,20-21,23-24,26-27,29-30,32-33,54,58H,6-7,9,11-13,15,17-19,22,25,28,31,34-53H2,1-5H3/b10-8-,16-14-,21-20-,24-23-,27-26-,30-29-,33-32-. The lowest BCUT2D eigenvalue weighted by Crippen LogP contribution is -2.44. The molecule has 0 aromatic rings. The molecule has 0 saturated heterocycles. The largest absolute Gasteiger partial charge is 0.545 e. The lowest BCUT2D eigenvalue weighted by molar-refractivity contribution is -0.870. The molecule has 2 unspecified atom stereocenters. The summed E-state index contributed by atoms with van der Waals surface area (Å²) < 4.78 is 22.6. The van der Waals surface area contributed by atoms with E-state index in [0.717, 1.165) is 89.9 Å². The Morgan fingerprint density at radius 1 is 0.463 bits per heavy atom. The smallest absolute Gasteiger partial charge is 0.306 e. The van der Waals surface area contributed by atoms with E-state index in [-0.39, 0.29) is 38.6 Å². The molecule has 0 saturated carbocycles. The molecular weight excluding hydrogens is 839 g/mol. The van der Waals surface area contributed by atoms with Gasteiger partial charge in [0.15, 0.2) is 12.4 Å². The first-order chi connectivity index (χ1) is 32.6. The molecular formula is C58H99NO8. The van der Waals surface area contributed by atoms with Crippen molar-refractivity contribution in [2.75, 3.05) is 47.5 Å². The van der Waals surface area contributed by atoms with Gasteiger partial charge >= 0.3 is 11.9 Å². The van der Waals surface area contributed by atoms with Crippen LogP contribution >= 0.6 is 0 Å². The van der Waals surface area contributed by atoms with Crippen LogP contribution in [0.4, 0.5) is 0 Å². The van der Waals surface area contributed by atoms with Crippen molar-refractivity contribution in [2.45, 2.75) is 219 Å². The predicted octanol–water partition coefficient (Wildman–Crippen LogP) is 13.9. The van der Waals surface area contributed by atoms with Gasteiger partial charge in [0, 0.05) is 12.8 Å². The second-order valence-corrected chi connectivity index (χ2v) is 18.8. The molecule has 0 radical (unpaired) electrons. The Morgan fingerprint density at radius 2 is 0.851 bits per heavy atom. The van der Waals surface area contributed by atoms with Crippen LogP contribution in [0.25, 0.3) is 0 Å². The third kappa shape index (κ3) is 50.2. The number of ether oxygens (including phenoxy) is 4. The number of unbranched alkanes of at least 4 members (excludes halogenated alkanes) is 19. The Labute approximate surface area is 410 Å². The van der Waals surface area contributed by atoms with Crippen molar-refractivity contribution in [3.05, 3.63) is 85.1 Å². The van der Waals surface area contributed by atoms with Crippen LogP contribution in [0.1, 0.15) is 206 Å².